The van der Waals surface area contributed by atoms with Gasteiger partial charge in [-0.15, -0.1) is 0 Å². The van der Waals surface area contributed by atoms with Crippen LogP contribution in [0.25, 0.3) is 23.1 Å². The molecule has 1 aliphatic heterocycles. The fourth-order valence-corrected chi connectivity index (χ4v) is 3.75. The van der Waals surface area contributed by atoms with E-state index < -0.39 is 22.0 Å². The number of amides is 1. The highest BCUT2D eigenvalue weighted by molar-refractivity contribution is 5.95. The third-order valence-electron chi connectivity index (χ3n) is 5.29. The summed E-state index contributed by atoms with van der Waals surface area (Å²) in [7, 11) is 0. The summed E-state index contributed by atoms with van der Waals surface area (Å²) in [5, 5.41) is 24.2. The van der Waals surface area contributed by atoms with Crippen LogP contribution in [-0.4, -0.2) is 37.3 Å². The first-order chi connectivity index (χ1) is 16.9. The number of hydrogen-bond acceptors (Lipinski definition) is 8. The standard InChI is InChI=1S/C23H17N5O7/c29-20(24-14-6-7-17-18(9-14)35-12-34-17)11-27-10-13(15-3-1-2-4-16(15)27)5-8-19-25-22(30)21(28(32)33)23(31)26-19/h1-10H,11-12H2,(H,24,29)(H2,25,26,30,31)/b8-5+. The molecule has 3 N–H and O–H groups in total. The Morgan fingerprint density at radius 2 is 2.03 bits per heavy atom. The Morgan fingerprint density at radius 1 is 1.23 bits per heavy atom. The molecule has 12 nitrogen and oxygen atoms in total. The van der Waals surface area contributed by atoms with Crippen LogP contribution in [-0.2, 0) is 11.3 Å². The number of benzene rings is 2. The summed E-state index contributed by atoms with van der Waals surface area (Å²) in [5.74, 6) is -0.110. The lowest BCUT2D eigenvalue weighted by Gasteiger charge is -2.08. The van der Waals surface area contributed by atoms with Gasteiger partial charge in [-0.3, -0.25) is 19.7 Å². The number of carbonyl (C=O) groups excluding carboxylic acids is 1. The molecule has 0 fully saturated rings. The number of rotatable bonds is 6. The topological polar surface area (TPSA) is 162 Å². The SMILES string of the molecule is O=C(Cn1cc(/C=C/c2nc(O)c([N+](=O)[O-])c(=O)[nH]2)c2ccccc21)Nc1ccc2c(c1)OCO2. The van der Waals surface area contributed by atoms with Gasteiger partial charge >= 0.3 is 11.2 Å². The van der Waals surface area contributed by atoms with Gasteiger partial charge in [0.15, 0.2) is 11.5 Å². The molecule has 35 heavy (non-hydrogen) atoms. The van der Waals surface area contributed by atoms with Gasteiger partial charge in [0.2, 0.25) is 12.7 Å². The van der Waals surface area contributed by atoms with E-state index in [1.807, 2.05) is 24.3 Å². The monoisotopic (exact) mass is 475 g/mol. The van der Waals surface area contributed by atoms with E-state index in [0.29, 0.717) is 22.7 Å². The maximum atomic E-state index is 12.7. The normalized spacial score (nSPS) is 12.3. The van der Waals surface area contributed by atoms with Crippen molar-refractivity contribution in [2.45, 2.75) is 6.54 Å². The zero-order valence-electron chi connectivity index (χ0n) is 17.9. The van der Waals surface area contributed by atoms with Gasteiger partial charge in [0.1, 0.15) is 12.4 Å². The van der Waals surface area contributed by atoms with Crippen LogP contribution < -0.4 is 20.3 Å². The predicted octanol–water partition coefficient (Wildman–Crippen LogP) is 2.88. The molecule has 0 bridgehead atoms. The Labute approximate surface area is 196 Å². The smallest absolute Gasteiger partial charge is 0.395 e. The lowest BCUT2D eigenvalue weighted by molar-refractivity contribution is -0.387. The molecule has 0 saturated carbocycles. The van der Waals surface area contributed by atoms with Gasteiger partial charge in [0.05, 0.1) is 4.92 Å². The van der Waals surface area contributed by atoms with Gasteiger partial charge < -0.3 is 29.4 Å². The Bertz CT molecular complexity index is 1570. The van der Waals surface area contributed by atoms with E-state index in [2.05, 4.69) is 15.3 Å². The number of aromatic amines is 1. The first kappa shape index (κ1) is 21.7. The van der Waals surface area contributed by atoms with Crippen molar-refractivity contribution in [1.82, 2.24) is 14.5 Å². The summed E-state index contributed by atoms with van der Waals surface area (Å²) in [6.07, 6.45) is 4.78. The highest BCUT2D eigenvalue weighted by Gasteiger charge is 2.21. The number of fused-ring (bicyclic) bond motifs is 2. The number of para-hydroxylation sites is 1. The number of nitrogens with zero attached hydrogens (tertiary/aromatic N) is 3. The van der Waals surface area contributed by atoms with Crippen LogP contribution in [0.1, 0.15) is 11.4 Å². The van der Waals surface area contributed by atoms with E-state index in [-0.39, 0.29) is 25.1 Å². The molecule has 12 heteroatoms. The lowest BCUT2D eigenvalue weighted by Crippen LogP contribution is -2.18. The minimum atomic E-state index is -1.07. The average molecular weight is 475 g/mol. The summed E-state index contributed by atoms with van der Waals surface area (Å²) >= 11 is 0. The summed E-state index contributed by atoms with van der Waals surface area (Å²) < 4.78 is 12.4. The van der Waals surface area contributed by atoms with Crippen molar-refractivity contribution < 1.29 is 24.3 Å². The molecule has 0 saturated heterocycles. The van der Waals surface area contributed by atoms with Crippen LogP contribution in [0.3, 0.4) is 0 Å². The van der Waals surface area contributed by atoms with Gasteiger partial charge in [0.25, 0.3) is 5.88 Å². The van der Waals surface area contributed by atoms with Gasteiger partial charge in [-0.05, 0) is 30.4 Å². The van der Waals surface area contributed by atoms with Crippen molar-refractivity contribution in [1.29, 1.82) is 0 Å². The molecule has 4 aromatic rings. The van der Waals surface area contributed by atoms with Gasteiger partial charge in [-0.2, -0.15) is 4.98 Å². The molecular formula is C23H17N5O7. The van der Waals surface area contributed by atoms with Gasteiger partial charge in [-0.25, -0.2) is 0 Å². The van der Waals surface area contributed by atoms with E-state index >= 15 is 0 Å². The van der Waals surface area contributed by atoms with Crippen LogP contribution in [0.15, 0.2) is 53.5 Å². The largest absolute Gasteiger partial charge is 0.488 e. The first-order valence-electron chi connectivity index (χ1n) is 10.3. The van der Waals surface area contributed by atoms with Crippen molar-refractivity contribution in [2.75, 3.05) is 12.1 Å². The molecular weight excluding hydrogens is 458 g/mol. The highest BCUT2D eigenvalue weighted by Crippen LogP contribution is 2.34. The van der Waals surface area contributed by atoms with Crippen LogP contribution in [0, 0.1) is 10.1 Å². The van der Waals surface area contributed by atoms with E-state index in [0.717, 1.165) is 10.9 Å². The number of ether oxygens (including phenoxy) is 2. The van der Waals surface area contributed by atoms with Crippen molar-refractivity contribution in [3.05, 3.63) is 80.5 Å². The predicted molar refractivity (Wildman–Crippen MR) is 125 cm³/mol. The van der Waals surface area contributed by atoms with E-state index in [1.165, 1.54) is 6.08 Å². The Morgan fingerprint density at radius 3 is 2.83 bits per heavy atom. The van der Waals surface area contributed by atoms with Crippen LogP contribution in [0.4, 0.5) is 11.4 Å². The van der Waals surface area contributed by atoms with E-state index in [1.54, 1.807) is 35.0 Å². The Balaban J connectivity index is 1.39. The molecule has 1 aliphatic rings. The zero-order valence-corrected chi connectivity index (χ0v) is 17.9. The van der Waals surface area contributed by atoms with Gasteiger partial charge in [0, 0.05) is 34.4 Å². The fraction of sp³-hybridized carbons (Fsp3) is 0.0870. The number of nitrogens with one attached hydrogen (secondary N) is 2. The van der Waals surface area contributed by atoms with Gasteiger partial charge in [-0.1, -0.05) is 18.2 Å². The number of aromatic nitrogens is 3. The van der Waals surface area contributed by atoms with Crippen LogP contribution in [0.5, 0.6) is 17.4 Å². The molecule has 0 spiro atoms. The Kier molecular flexibility index (Phi) is 5.37. The molecule has 3 heterocycles. The van der Waals surface area contributed by atoms with E-state index in [9.17, 15) is 24.8 Å². The van der Waals surface area contributed by atoms with E-state index in [4.69, 9.17) is 9.47 Å². The van der Waals surface area contributed by atoms with Crippen molar-refractivity contribution >= 4 is 40.3 Å². The summed E-state index contributed by atoms with van der Waals surface area (Å²) in [6, 6.07) is 12.5. The summed E-state index contributed by atoms with van der Waals surface area (Å²) in [5.41, 5.74) is -0.0150. The molecule has 0 atom stereocenters. The van der Waals surface area contributed by atoms with Crippen molar-refractivity contribution in [3.8, 4) is 17.4 Å². The van der Waals surface area contributed by atoms with Crippen LogP contribution in [0.2, 0.25) is 0 Å². The maximum absolute atomic E-state index is 12.7. The molecule has 0 aliphatic carbocycles. The molecule has 1 amide bonds. The quantitative estimate of drug-likeness (QED) is 0.283. The first-order valence-corrected chi connectivity index (χ1v) is 10.3. The average Bonchev–Trinajstić information content (AvgIpc) is 3.41. The molecule has 2 aromatic carbocycles. The second kappa shape index (κ2) is 8.67. The maximum Gasteiger partial charge on any atom is 0.395 e. The number of hydrogen-bond donors (Lipinski definition) is 3. The van der Waals surface area contributed by atoms with Crippen molar-refractivity contribution in [3.63, 3.8) is 0 Å². The molecule has 176 valence electrons. The molecule has 0 unspecified atom stereocenters. The zero-order chi connectivity index (χ0) is 24.5. The number of aromatic hydroxyl groups is 1. The number of carbonyl (C=O) groups is 1. The summed E-state index contributed by atoms with van der Waals surface area (Å²) in [6.45, 7) is 0.164. The second-order valence-electron chi connectivity index (χ2n) is 7.56. The second-order valence-corrected chi connectivity index (χ2v) is 7.56. The fourth-order valence-electron chi connectivity index (χ4n) is 3.75. The number of anilines is 1. The Hall–Kier alpha value is -5.13. The minimum Gasteiger partial charge on any atom is -0.488 e. The van der Waals surface area contributed by atoms with Crippen LogP contribution >= 0.6 is 0 Å². The number of nitro groups is 1. The van der Waals surface area contributed by atoms with Crippen molar-refractivity contribution in [2.24, 2.45) is 0 Å². The number of H-pyrrole nitrogens is 1. The third-order valence-corrected chi connectivity index (χ3v) is 5.29. The third kappa shape index (κ3) is 4.27. The lowest BCUT2D eigenvalue weighted by atomic mass is 10.1. The highest BCUT2D eigenvalue weighted by atomic mass is 16.7. The molecule has 2 aromatic heterocycles. The minimum absolute atomic E-state index is 0.0240. The molecule has 5 rings (SSSR count). The summed E-state index contributed by atoms with van der Waals surface area (Å²) in [4.78, 5) is 40.4. The molecule has 0 radical (unpaired) electrons.